The van der Waals surface area contributed by atoms with Gasteiger partial charge < -0.3 is 9.97 Å². The van der Waals surface area contributed by atoms with Crippen LogP contribution in [0.5, 0.6) is 0 Å². The van der Waals surface area contributed by atoms with Gasteiger partial charge in [0.05, 0.1) is 42.8 Å². The van der Waals surface area contributed by atoms with Crippen LogP contribution in [0.1, 0.15) is 57.9 Å². The Kier molecular flexibility index (Phi) is 8.45. The van der Waals surface area contributed by atoms with E-state index in [1.165, 1.54) is 22.3 Å². The zero-order chi connectivity index (χ0) is 29.9. The van der Waals surface area contributed by atoms with Crippen LogP contribution in [0.3, 0.4) is 0 Å². The Morgan fingerprint density at radius 2 is 0.818 bits per heavy atom. The average molecular weight is 705 g/mol. The summed E-state index contributed by atoms with van der Waals surface area (Å²) in [6.45, 7) is 0. The number of aromatic amines is 2. The highest BCUT2D eigenvalue weighted by atomic mass is 79.9. The lowest BCUT2D eigenvalue weighted by atomic mass is 10.0. The smallest absolute Gasteiger partial charge is 0.0800 e. The molecule has 5 heterocycles. The van der Waals surface area contributed by atoms with E-state index in [1.807, 2.05) is 0 Å². The van der Waals surface area contributed by atoms with Gasteiger partial charge in [-0.1, -0.05) is 60.7 Å². The molecule has 0 radical (unpaired) electrons. The van der Waals surface area contributed by atoms with Gasteiger partial charge in [-0.2, -0.15) is 0 Å². The number of nitrogens with one attached hydrogen (secondary N) is 2. The summed E-state index contributed by atoms with van der Waals surface area (Å²) >= 11 is 7.77. The molecule has 0 unspecified atom stereocenters. The maximum absolute atomic E-state index is 5.13. The van der Waals surface area contributed by atoms with Crippen molar-refractivity contribution in [2.24, 2.45) is 0 Å². The van der Waals surface area contributed by atoms with Gasteiger partial charge in [-0.25, -0.2) is 9.97 Å². The largest absolute Gasteiger partial charge is 0.354 e. The van der Waals surface area contributed by atoms with E-state index in [-0.39, 0.29) is 0 Å². The fraction of sp³-hybridized carbons (Fsp3) is 0.158. The third kappa shape index (κ3) is 6.15. The second kappa shape index (κ2) is 12.9. The van der Waals surface area contributed by atoms with Gasteiger partial charge >= 0.3 is 0 Å². The molecule has 5 aromatic rings. The van der Waals surface area contributed by atoms with Gasteiger partial charge in [0.2, 0.25) is 0 Å². The van der Waals surface area contributed by atoms with Crippen molar-refractivity contribution in [3.63, 3.8) is 0 Å². The first-order valence-electron chi connectivity index (χ1n) is 15.2. The fourth-order valence-corrected chi connectivity index (χ4v) is 6.91. The molecule has 6 heteroatoms. The Morgan fingerprint density at radius 3 is 1.25 bits per heavy atom. The van der Waals surface area contributed by atoms with E-state index < -0.39 is 0 Å². The van der Waals surface area contributed by atoms with Crippen LogP contribution in [0, 0.1) is 0 Å². The minimum atomic E-state index is 0.910. The molecule has 0 amide bonds. The van der Waals surface area contributed by atoms with Crippen molar-refractivity contribution < 1.29 is 0 Å². The van der Waals surface area contributed by atoms with E-state index in [1.54, 1.807) is 0 Å². The highest BCUT2D eigenvalue weighted by Crippen LogP contribution is 2.31. The maximum atomic E-state index is 5.13. The number of hydrogen-bond acceptors (Lipinski definition) is 2. The van der Waals surface area contributed by atoms with Gasteiger partial charge in [-0.15, -0.1) is 0 Å². The molecule has 2 aliphatic rings. The van der Waals surface area contributed by atoms with E-state index in [9.17, 15) is 0 Å². The first kappa shape index (κ1) is 28.8. The number of fused-ring (bicyclic) bond motifs is 8. The number of benzene rings is 2. The molecule has 2 aromatic carbocycles. The van der Waals surface area contributed by atoms with Crippen LogP contribution in [0.4, 0.5) is 0 Å². The van der Waals surface area contributed by atoms with Crippen molar-refractivity contribution in [3.8, 4) is 0 Å². The van der Waals surface area contributed by atoms with Gasteiger partial charge in [0, 0.05) is 22.2 Å². The van der Waals surface area contributed by atoms with Gasteiger partial charge in [-0.05, 0) is 130 Å². The molecule has 2 aliphatic heterocycles. The number of nitrogens with zero attached hydrogens (tertiary/aromatic N) is 2. The Hall–Kier alpha value is -4.00. The second-order valence-corrected chi connectivity index (χ2v) is 12.9. The summed E-state index contributed by atoms with van der Waals surface area (Å²) in [5, 5.41) is 0. The highest BCUT2D eigenvalue weighted by Gasteiger charge is 2.15. The summed E-state index contributed by atoms with van der Waals surface area (Å²) in [6.07, 6.45) is 14.4. The van der Waals surface area contributed by atoms with E-state index in [0.717, 1.165) is 92.3 Å². The van der Waals surface area contributed by atoms with Crippen LogP contribution in [0.2, 0.25) is 0 Å². The molecule has 0 aliphatic carbocycles. The molecule has 4 nitrogen and oxygen atoms in total. The van der Waals surface area contributed by atoms with E-state index in [2.05, 4.69) is 151 Å². The summed E-state index contributed by atoms with van der Waals surface area (Å²) in [6, 6.07) is 30.0. The molecule has 0 saturated heterocycles. The number of aromatic nitrogens is 4. The van der Waals surface area contributed by atoms with E-state index >= 15 is 0 Å². The molecule has 3 aromatic heterocycles. The van der Waals surface area contributed by atoms with Gasteiger partial charge in [0.1, 0.15) is 0 Å². The fourth-order valence-electron chi connectivity index (χ4n) is 6.01. The summed E-state index contributed by atoms with van der Waals surface area (Å²) in [7, 11) is 0. The highest BCUT2D eigenvalue weighted by molar-refractivity contribution is 9.11. The molecular formula is C38H32Br2N4. The molecule has 218 valence electrons. The Morgan fingerprint density at radius 1 is 0.432 bits per heavy atom. The molecule has 0 fully saturated rings. The quantitative estimate of drug-likeness (QED) is 0.165. The van der Waals surface area contributed by atoms with Crippen molar-refractivity contribution in [1.29, 1.82) is 0 Å². The van der Waals surface area contributed by atoms with Crippen LogP contribution in [-0.4, -0.2) is 19.9 Å². The minimum absolute atomic E-state index is 0.910. The number of rotatable bonds is 8. The number of H-pyrrole nitrogens is 2. The predicted molar refractivity (Wildman–Crippen MR) is 191 cm³/mol. The molecule has 7 rings (SSSR count). The Bertz CT molecular complexity index is 1890. The van der Waals surface area contributed by atoms with Gasteiger partial charge in [-0.3, -0.25) is 0 Å². The third-order valence-electron chi connectivity index (χ3n) is 8.31. The normalized spacial score (nSPS) is 12.2. The summed E-state index contributed by atoms with van der Waals surface area (Å²) in [5.74, 6) is 0. The molecular weight excluding hydrogens is 672 g/mol. The van der Waals surface area contributed by atoms with Crippen LogP contribution in [0.25, 0.3) is 46.4 Å². The van der Waals surface area contributed by atoms with E-state index in [4.69, 9.17) is 9.97 Å². The zero-order valence-corrected chi connectivity index (χ0v) is 27.5. The minimum Gasteiger partial charge on any atom is -0.354 e. The lowest BCUT2D eigenvalue weighted by molar-refractivity contribution is 0.820. The molecule has 8 bridgehead atoms. The average Bonchev–Trinajstić information content (AvgIpc) is 3.89. The maximum Gasteiger partial charge on any atom is 0.0800 e. The van der Waals surface area contributed by atoms with Crippen LogP contribution >= 0.6 is 31.9 Å². The SMILES string of the molecule is Brc1c2nc(c(CCCc3ccccc3)c3ccc([nH]3)c(Br)c3nc(c(CCCc4ccccc4)c4ccc1[nH]4)C=C3)C=C2. The van der Waals surface area contributed by atoms with Crippen molar-refractivity contribution >= 4 is 78.2 Å². The number of halogens is 2. The van der Waals surface area contributed by atoms with Gasteiger partial charge in [0.25, 0.3) is 0 Å². The third-order valence-corrected chi connectivity index (χ3v) is 9.98. The Balaban J connectivity index is 1.35. The number of aryl methyl sites for hydroxylation is 4. The standard InChI is InChI=1S/C38H32Br2N4/c39-37-33-21-17-29(41-33)27(15-7-13-25-9-3-1-4-10-25)30-18-22-34(42-30)38(40)36-24-20-32(44-36)28(31-19-23-35(37)43-31)16-8-14-26-11-5-2-6-12-26/h1-6,9-12,17-24,41,44H,7-8,13-16H2. The lowest BCUT2D eigenvalue weighted by Gasteiger charge is -2.05. The predicted octanol–water partition coefficient (Wildman–Crippen LogP) is 10.5. The summed E-state index contributed by atoms with van der Waals surface area (Å²) in [5.41, 5.74) is 13.1. The van der Waals surface area contributed by atoms with Gasteiger partial charge in [0.15, 0.2) is 0 Å². The lowest BCUT2D eigenvalue weighted by Crippen LogP contribution is -1.95. The van der Waals surface area contributed by atoms with Crippen molar-refractivity contribution in [2.75, 3.05) is 0 Å². The number of hydrogen-bond donors (Lipinski definition) is 2. The first-order chi connectivity index (χ1) is 21.6. The summed E-state index contributed by atoms with van der Waals surface area (Å²) < 4.78 is 1.91. The topological polar surface area (TPSA) is 57.4 Å². The Labute approximate surface area is 274 Å². The molecule has 2 N–H and O–H groups in total. The van der Waals surface area contributed by atoms with Crippen molar-refractivity contribution in [2.45, 2.75) is 38.5 Å². The summed E-state index contributed by atoms with van der Waals surface area (Å²) in [4.78, 5) is 17.6. The molecule has 0 saturated carbocycles. The molecule has 44 heavy (non-hydrogen) atoms. The zero-order valence-electron chi connectivity index (χ0n) is 24.3. The van der Waals surface area contributed by atoms with Crippen molar-refractivity contribution in [3.05, 3.63) is 139 Å². The monoisotopic (exact) mass is 702 g/mol. The molecule has 0 spiro atoms. The second-order valence-electron chi connectivity index (χ2n) is 11.3. The van der Waals surface area contributed by atoms with Crippen molar-refractivity contribution in [1.82, 2.24) is 19.9 Å². The van der Waals surface area contributed by atoms with E-state index in [0.29, 0.717) is 0 Å². The van der Waals surface area contributed by atoms with Crippen LogP contribution < -0.4 is 0 Å². The van der Waals surface area contributed by atoms with Crippen LogP contribution in [0.15, 0.2) is 93.9 Å². The first-order valence-corrected chi connectivity index (χ1v) is 16.7. The van der Waals surface area contributed by atoms with Crippen LogP contribution in [-0.2, 0) is 25.7 Å². The molecule has 0 atom stereocenters.